The van der Waals surface area contributed by atoms with Crippen molar-refractivity contribution in [3.63, 3.8) is 0 Å². The molecule has 0 amide bonds. The molecule has 13 heavy (non-hydrogen) atoms. The summed E-state index contributed by atoms with van der Waals surface area (Å²) in [5.41, 5.74) is 0.289. The van der Waals surface area contributed by atoms with Gasteiger partial charge in [0.25, 0.3) is 0 Å². The largest absolute Gasteiger partial charge is 0.421 e. The van der Waals surface area contributed by atoms with E-state index in [0.717, 1.165) is 0 Å². The molecule has 70 valence electrons. The fourth-order valence-corrected chi connectivity index (χ4v) is 0.916. The molecular formula is C8H11N3O2. The number of rotatable bonds is 3. The van der Waals surface area contributed by atoms with Crippen LogP contribution < -0.4 is 4.90 Å². The molecule has 0 radical (unpaired) electrons. The quantitative estimate of drug-likeness (QED) is 0.688. The molecule has 0 fully saturated rings. The molecule has 0 aliphatic carbocycles. The van der Waals surface area contributed by atoms with E-state index in [1.807, 2.05) is 6.07 Å². The topological polar surface area (TPSA) is 62.3 Å². The fraction of sp³-hybridized carbons (Fsp3) is 0.500. The smallest absolute Gasteiger partial charge is 0.234 e. The maximum Gasteiger partial charge on any atom is 0.234 e. The van der Waals surface area contributed by atoms with Gasteiger partial charge in [0, 0.05) is 21.2 Å². The van der Waals surface area contributed by atoms with Gasteiger partial charge in [0.2, 0.25) is 17.5 Å². The van der Waals surface area contributed by atoms with Crippen molar-refractivity contribution >= 4 is 5.88 Å². The summed E-state index contributed by atoms with van der Waals surface area (Å²) in [4.78, 5) is 5.64. The van der Waals surface area contributed by atoms with Gasteiger partial charge in [-0.25, -0.2) is 0 Å². The zero-order valence-electron chi connectivity index (χ0n) is 7.87. The number of anilines is 1. The van der Waals surface area contributed by atoms with Gasteiger partial charge in [-0.15, -0.1) is 0 Å². The van der Waals surface area contributed by atoms with E-state index in [9.17, 15) is 0 Å². The number of nitrogens with zero attached hydrogens (tertiary/aromatic N) is 3. The van der Waals surface area contributed by atoms with Gasteiger partial charge in [0.05, 0.1) is 0 Å². The molecule has 5 heteroatoms. The van der Waals surface area contributed by atoms with E-state index >= 15 is 0 Å². The Morgan fingerprint density at radius 3 is 2.69 bits per heavy atom. The van der Waals surface area contributed by atoms with Crippen molar-refractivity contribution in [1.29, 1.82) is 5.26 Å². The van der Waals surface area contributed by atoms with Gasteiger partial charge < -0.3 is 14.1 Å². The molecule has 0 aliphatic rings. The average molecular weight is 181 g/mol. The molecule has 1 rings (SSSR count). The van der Waals surface area contributed by atoms with E-state index in [-0.39, 0.29) is 12.3 Å². The standard InChI is InChI=1S/C8H11N3O2/c1-11(2)8-6(4-9)10-7(13-8)5-12-3/h5H2,1-3H3. The van der Waals surface area contributed by atoms with Crippen LogP contribution >= 0.6 is 0 Å². The van der Waals surface area contributed by atoms with E-state index < -0.39 is 0 Å². The first-order valence-electron chi connectivity index (χ1n) is 3.75. The Kier molecular flexibility index (Phi) is 2.88. The lowest BCUT2D eigenvalue weighted by molar-refractivity contribution is 0.160. The second-order valence-electron chi connectivity index (χ2n) is 2.70. The molecule has 1 aromatic heterocycles. The molecule has 5 nitrogen and oxygen atoms in total. The van der Waals surface area contributed by atoms with Crippen LogP contribution in [0.2, 0.25) is 0 Å². The van der Waals surface area contributed by atoms with Crippen molar-refractivity contribution in [3.8, 4) is 6.07 Å². The minimum absolute atomic E-state index is 0.280. The van der Waals surface area contributed by atoms with Crippen LogP contribution in [0.5, 0.6) is 0 Å². The Hall–Kier alpha value is -1.54. The van der Waals surface area contributed by atoms with Gasteiger partial charge in [0.1, 0.15) is 12.7 Å². The first-order valence-corrected chi connectivity index (χ1v) is 3.75. The number of methoxy groups -OCH3 is 1. The highest BCUT2D eigenvalue weighted by Crippen LogP contribution is 2.19. The highest BCUT2D eigenvalue weighted by atomic mass is 16.5. The summed E-state index contributed by atoms with van der Waals surface area (Å²) in [6.07, 6.45) is 0. The summed E-state index contributed by atoms with van der Waals surface area (Å²) >= 11 is 0. The average Bonchev–Trinajstić information content (AvgIpc) is 2.48. The Balaban J connectivity index is 2.99. The lowest BCUT2D eigenvalue weighted by Gasteiger charge is -2.06. The van der Waals surface area contributed by atoms with Crippen molar-refractivity contribution in [3.05, 3.63) is 11.6 Å². The zero-order chi connectivity index (χ0) is 9.84. The normalized spacial score (nSPS) is 9.69. The second-order valence-corrected chi connectivity index (χ2v) is 2.70. The molecule has 0 aliphatic heterocycles. The van der Waals surface area contributed by atoms with E-state index in [0.29, 0.717) is 11.8 Å². The minimum Gasteiger partial charge on any atom is -0.421 e. The number of hydrogen-bond acceptors (Lipinski definition) is 5. The third kappa shape index (κ3) is 1.98. The summed E-state index contributed by atoms with van der Waals surface area (Å²) in [7, 11) is 5.13. The van der Waals surface area contributed by atoms with E-state index in [2.05, 4.69) is 4.98 Å². The predicted octanol–water partition coefficient (Wildman–Crippen LogP) is 0.759. The molecule has 0 saturated carbocycles. The first kappa shape index (κ1) is 9.55. The second kappa shape index (κ2) is 3.92. The van der Waals surface area contributed by atoms with Crippen molar-refractivity contribution < 1.29 is 9.15 Å². The maximum atomic E-state index is 8.71. The van der Waals surface area contributed by atoms with Crippen LogP contribution in [0.4, 0.5) is 5.88 Å². The molecule has 0 unspecified atom stereocenters. The Labute approximate surface area is 76.5 Å². The molecule has 0 atom stereocenters. The molecule has 1 heterocycles. The summed E-state index contributed by atoms with van der Waals surface area (Å²) in [5.74, 6) is 0.886. The number of aromatic nitrogens is 1. The molecule has 0 spiro atoms. The highest BCUT2D eigenvalue weighted by molar-refractivity contribution is 5.46. The highest BCUT2D eigenvalue weighted by Gasteiger charge is 2.13. The molecular weight excluding hydrogens is 170 g/mol. The van der Waals surface area contributed by atoms with E-state index in [1.165, 1.54) is 0 Å². The number of oxazole rings is 1. The van der Waals surface area contributed by atoms with Gasteiger partial charge in [-0.2, -0.15) is 10.2 Å². The van der Waals surface area contributed by atoms with Crippen LogP contribution in [0.25, 0.3) is 0 Å². The monoisotopic (exact) mass is 181 g/mol. The number of hydrogen-bond donors (Lipinski definition) is 0. The van der Waals surface area contributed by atoms with Gasteiger partial charge in [-0.3, -0.25) is 0 Å². The van der Waals surface area contributed by atoms with Crippen molar-refractivity contribution in [2.75, 3.05) is 26.1 Å². The lowest BCUT2D eigenvalue weighted by Crippen LogP contribution is -2.08. The van der Waals surface area contributed by atoms with Crippen LogP contribution in [-0.4, -0.2) is 26.2 Å². The van der Waals surface area contributed by atoms with Crippen molar-refractivity contribution in [2.24, 2.45) is 0 Å². The van der Waals surface area contributed by atoms with Gasteiger partial charge in [-0.1, -0.05) is 0 Å². The van der Waals surface area contributed by atoms with E-state index in [1.54, 1.807) is 26.1 Å². The molecule has 0 N–H and O–H groups in total. The van der Waals surface area contributed by atoms with Crippen molar-refractivity contribution in [2.45, 2.75) is 6.61 Å². The Bertz CT molecular complexity index is 325. The summed E-state index contributed by atoms with van der Waals surface area (Å²) in [6.45, 7) is 0.280. The first-order chi connectivity index (χ1) is 6.19. The summed E-state index contributed by atoms with van der Waals surface area (Å²) in [5, 5.41) is 8.71. The Morgan fingerprint density at radius 2 is 2.31 bits per heavy atom. The molecule has 1 aromatic rings. The van der Waals surface area contributed by atoms with Gasteiger partial charge in [-0.05, 0) is 0 Å². The summed E-state index contributed by atoms with van der Waals surface area (Å²) in [6, 6.07) is 1.95. The fourth-order valence-electron chi connectivity index (χ4n) is 0.916. The van der Waals surface area contributed by atoms with Crippen LogP contribution in [-0.2, 0) is 11.3 Å². The third-order valence-electron chi connectivity index (χ3n) is 1.43. The molecule has 0 saturated heterocycles. The molecule has 0 bridgehead atoms. The lowest BCUT2D eigenvalue weighted by atomic mass is 10.5. The maximum absolute atomic E-state index is 8.71. The number of nitriles is 1. The SMILES string of the molecule is COCc1nc(C#N)c(N(C)C)o1. The van der Waals surface area contributed by atoms with Crippen LogP contribution in [0.15, 0.2) is 4.42 Å². The third-order valence-corrected chi connectivity index (χ3v) is 1.43. The zero-order valence-corrected chi connectivity index (χ0v) is 7.87. The van der Waals surface area contributed by atoms with Crippen LogP contribution in [0.3, 0.4) is 0 Å². The van der Waals surface area contributed by atoms with Crippen LogP contribution in [0.1, 0.15) is 11.6 Å². The van der Waals surface area contributed by atoms with Crippen LogP contribution in [0, 0.1) is 11.3 Å². The van der Waals surface area contributed by atoms with Gasteiger partial charge in [0.15, 0.2) is 0 Å². The van der Waals surface area contributed by atoms with Gasteiger partial charge >= 0.3 is 0 Å². The summed E-state index contributed by atoms with van der Waals surface area (Å²) < 4.78 is 10.1. The Morgan fingerprint density at radius 1 is 1.62 bits per heavy atom. The molecule has 0 aromatic carbocycles. The minimum atomic E-state index is 0.280. The predicted molar refractivity (Wildman–Crippen MR) is 46.3 cm³/mol. The van der Waals surface area contributed by atoms with Crippen molar-refractivity contribution in [1.82, 2.24) is 4.98 Å². The van der Waals surface area contributed by atoms with E-state index in [4.69, 9.17) is 14.4 Å². The number of ether oxygens (including phenoxy) is 1.